The predicted octanol–water partition coefficient (Wildman–Crippen LogP) is 1.66. The molecular formula is C12H22N4O2S. The van der Waals surface area contributed by atoms with Gasteiger partial charge in [-0.25, -0.2) is 4.98 Å². The summed E-state index contributed by atoms with van der Waals surface area (Å²) in [6.07, 6.45) is 1.80. The zero-order chi connectivity index (χ0) is 14.3. The second-order valence-electron chi connectivity index (χ2n) is 4.23. The van der Waals surface area contributed by atoms with Crippen molar-refractivity contribution >= 4 is 28.2 Å². The molecule has 0 bridgehead atoms. The van der Waals surface area contributed by atoms with Gasteiger partial charge in [-0.3, -0.25) is 4.79 Å². The average molecular weight is 286 g/mol. The Bertz CT molecular complexity index is 408. The Hall–Kier alpha value is -1.34. The van der Waals surface area contributed by atoms with E-state index < -0.39 is 0 Å². The van der Waals surface area contributed by atoms with Crippen LogP contribution in [0, 0.1) is 0 Å². The van der Waals surface area contributed by atoms with Crippen LogP contribution in [-0.4, -0.2) is 49.6 Å². The second-order valence-corrected chi connectivity index (χ2v) is 5.23. The van der Waals surface area contributed by atoms with Crippen molar-refractivity contribution in [1.29, 1.82) is 0 Å². The van der Waals surface area contributed by atoms with Crippen molar-refractivity contribution in [2.24, 2.45) is 0 Å². The molecule has 1 amide bonds. The van der Waals surface area contributed by atoms with Crippen molar-refractivity contribution in [3.8, 4) is 0 Å². The van der Waals surface area contributed by atoms with E-state index in [1.165, 1.54) is 11.3 Å². The number of nitrogens with zero attached hydrogens (tertiary/aromatic N) is 2. The van der Waals surface area contributed by atoms with Gasteiger partial charge in [0, 0.05) is 33.9 Å². The van der Waals surface area contributed by atoms with Crippen LogP contribution in [0.4, 0.5) is 10.9 Å². The van der Waals surface area contributed by atoms with Gasteiger partial charge < -0.3 is 20.7 Å². The van der Waals surface area contributed by atoms with E-state index in [-0.39, 0.29) is 5.91 Å². The van der Waals surface area contributed by atoms with Crippen molar-refractivity contribution in [2.45, 2.75) is 19.8 Å². The maximum atomic E-state index is 12.2. The Kier molecular flexibility index (Phi) is 6.58. The van der Waals surface area contributed by atoms with Crippen molar-refractivity contribution < 1.29 is 9.53 Å². The standard InChI is InChI=1S/C12H22N4O2S/c1-4-6-14-12-15-10(13)9(19-12)11(17)16(2)7-5-8-18-3/h4-8,13H2,1-3H3,(H,14,15). The lowest BCUT2D eigenvalue weighted by Gasteiger charge is -2.15. The number of methoxy groups -OCH3 is 1. The average Bonchev–Trinajstić information content (AvgIpc) is 2.76. The number of anilines is 2. The van der Waals surface area contributed by atoms with Gasteiger partial charge in [-0.05, 0) is 12.8 Å². The third kappa shape index (κ3) is 4.68. The summed E-state index contributed by atoms with van der Waals surface area (Å²) < 4.78 is 4.97. The lowest BCUT2D eigenvalue weighted by atomic mass is 10.3. The Morgan fingerprint density at radius 1 is 1.58 bits per heavy atom. The summed E-state index contributed by atoms with van der Waals surface area (Å²) in [6, 6.07) is 0. The summed E-state index contributed by atoms with van der Waals surface area (Å²) in [5.74, 6) is 0.211. The van der Waals surface area contributed by atoms with Crippen molar-refractivity contribution in [2.75, 3.05) is 44.9 Å². The summed E-state index contributed by atoms with van der Waals surface area (Å²) in [6.45, 7) is 4.17. The molecule has 0 atom stereocenters. The first kappa shape index (κ1) is 15.7. The van der Waals surface area contributed by atoms with Gasteiger partial charge in [0.15, 0.2) is 5.13 Å². The van der Waals surface area contributed by atoms with E-state index in [2.05, 4.69) is 17.2 Å². The Labute approximate surface area is 118 Å². The molecule has 3 N–H and O–H groups in total. The van der Waals surface area contributed by atoms with Crippen molar-refractivity contribution in [3.63, 3.8) is 0 Å². The van der Waals surface area contributed by atoms with E-state index in [4.69, 9.17) is 10.5 Å². The molecule has 19 heavy (non-hydrogen) atoms. The predicted molar refractivity (Wildman–Crippen MR) is 78.8 cm³/mol. The van der Waals surface area contributed by atoms with Crippen LogP contribution in [0.15, 0.2) is 0 Å². The summed E-state index contributed by atoms with van der Waals surface area (Å²) in [7, 11) is 3.41. The first-order valence-electron chi connectivity index (χ1n) is 6.34. The SMILES string of the molecule is CCCNc1nc(N)c(C(=O)N(C)CCCOC)s1. The molecule has 0 saturated carbocycles. The molecule has 0 unspecified atom stereocenters. The third-order valence-electron chi connectivity index (χ3n) is 2.56. The topological polar surface area (TPSA) is 80.5 Å². The lowest BCUT2D eigenvalue weighted by Crippen LogP contribution is -2.28. The molecule has 0 fully saturated rings. The largest absolute Gasteiger partial charge is 0.385 e. The van der Waals surface area contributed by atoms with Crippen LogP contribution < -0.4 is 11.1 Å². The van der Waals surface area contributed by atoms with Gasteiger partial charge in [0.2, 0.25) is 0 Å². The van der Waals surface area contributed by atoms with Crippen LogP contribution >= 0.6 is 11.3 Å². The normalized spacial score (nSPS) is 10.5. The fraction of sp³-hybridized carbons (Fsp3) is 0.667. The minimum absolute atomic E-state index is 0.0874. The van der Waals surface area contributed by atoms with E-state index >= 15 is 0 Å². The number of nitrogens with one attached hydrogen (secondary N) is 1. The summed E-state index contributed by atoms with van der Waals surface area (Å²) in [4.78, 5) is 18.5. The van der Waals surface area contributed by atoms with Crippen LogP contribution in [0.25, 0.3) is 0 Å². The van der Waals surface area contributed by atoms with E-state index in [9.17, 15) is 4.79 Å². The van der Waals surface area contributed by atoms with Gasteiger partial charge in [0.25, 0.3) is 5.91 Å². The van der Waals surface area contributed by atoms with Gasteiger partial charge in [-0.15, -0.1) is 0 Å². The highest BCUT2D eigenvalue weighted by Crippen LogP contribution is 2.26. The smallest absolute Gasteiger partial charge is 0.267 e. The fourth-order valence-corrected chi connectivity index (χ4v) is 2.42. The molecule has 7 heteroatoms. The number of hydrogen-bond donors (Lipinski definition) is 2. The van der Waals surface area contributed by atoms with Crippen LogP contribution in [-0.2, 0) is 4.74 Å². The van der Waals surface area contributed by atoms with E-state index in [0.717, 1.165) is 19.4 Å². The van der Waals surface area contributed by atoms with Gasteiger partial charge in [0.05, 0.1) is 0 Å². The third-order valence-corrected chi connectivity index (χ3v) is 3.58. The number of ether oxygens (including phenoxy) is 1. The molecule has 0 aliphatic rings. The molecule has 0 saturated heterocycles. The van der Waals surface area contributed by atoms with Crippen molar-refractivity contribution in [3.05, 3.63) is 4.88 Å². The molecule has 0 spiro atoms. The van der Waals surface area contributed by atoms with E-state index in [1.54, 1.807) is 19.1 Å². The van der Waals surface area contributed by atoms with Gasteiger partial charge >= 0.3 is 0 Å². The molecule has 6 nitrogen and oxygen atoms in total. The Balaban J connectivity index is 2.62. The Morgan fingerprint density at radius 3 is 2.95 bits per heavy atom. The minimum Gasteiger partial charge on any atom is -0.385 e. The molecule has 0 radical (unpaired) electrons. The van der Waals surface area contributed by atoms with Gasteiger partial charge in [-0.2, -0.15) is 0 Å². The highest BCUT2D eigenvalue weighted by atomic mass is 32.1. The van der Waals surface area contributed by atoms with Crippen LogP contribution in [0.1, 0.15) is 29.4 Å². The van der Waals surface area contributed by atoms with E-state index in [0.29, 0.717) is 29.0 Å². The number of aromatic nitrogens is 1. The second kappa shape index (κ2) is 7.96. The first-order valence-corrected chi connectivity index (χ1v) is 7.16. The maximum Gasteiger partial charge on any atom is 0.267 e. The molecular weight excluding hydrogens is 264 g/mol. The van der Waals surface area contributed by atoms with E-state index in [1.807, 2.05) is 0 Å². The number of carbonyl (C=O) groups is 1. The highest BCUT2D eigenvalue weighted by Gasteiger charge is 2.19. The molecule has 0 aliphatic carbocycles. The lowest BCUT2D eigenvalue weighted by molar-refractivity contribution is 0.0785. The molecule has 1 aromatic heterocycles. The summed E-state index contributed by atoms with van der Waals surface area (Å²) in [5, 5.41) is 3.84. The Morgan fingerprint density at radius 2 is 2.32 bits per heavy atom. The van der Waals surface area contributed by atoms with Crippen molar-refractivity contribution in [1.82, 2.24) is 9.88 Å². The molecule has 1 rings (SSSR count). The number of thiazole rings is 1. The zero-order valence-corrected chi connectivity index (χ0v) is 12.5. The van der Waals surface area contributed by atoms with Gasteiger partial charge in [-0.1, -0.05) is 18.3 Å². The first-order chi connectivity index (χ1) is 9.10. The number of amides is 1. The number of nitrogens with two attached hydrogens (primary N) is 1. The van der Waals surface area contributed by atoms with Crippen LogP contribution in [0.2, 0.25) is 0 Å². The highest BCUT2D eigenvalue weighted by molar-refractivity contribution is 7.18. The zero-order valence-electron chi connectivity index (χ0n) is 11.7. The summed E-state index contributed by atoms with van der Waals surface area (Å²) in [5.41, 5.74) is 5.79. The number of nitrogen functional groups attached to an aromatic ring is 1. The number of carbonyl (C=O) groups excluding carboxylic acids is 1. The van der Waals surface area contributed by atoms with Crippen LogP contribution in [0.5, 0.6) is 0 Å². The van der Waals surface area contributed by atoms with Gasteiger partial charge in [0.1, 0.15) is 10.7 Å². The molecule has 0 aliphatic heterocycles. The minimum atomic E-state index is -0.0874. The number of hydrogen-bond acceptors (Lipinski definition) is 6. The molecule has 0 aromatic carbocycles. The molecule has 1 heterocycles. The fourth-order valence-electron chi connectivity index (χ4n) is 1.51. The number of rotatable bonds is 8. The quantitative estimate of drug-likeness (QED) is 0.710. The van der Waals surface area contributed by atoms with Crippen LogP contribution in [0.3, 0.4) is 0 Å². The maximum absolute atomic E-state index is 12.2. The molecule has 1 aromatic rings. The summed E-state index contributed by atoms with van der Waals surface area (Å²) >= 11 is 1.31. The molecule has 108 valence electrons. The monoisotopic (exact) mass is 286 g/mol.